The number of esters is 1. The topological polar surface area (TPSA) is 98.5 Å². The molecule has 0 unspecified atom stereocenters. The third-order valence-electron chi connectivity index (χ3n) is 5.17. The van der Waals surface area contributed by atoms with Gasteiger partial charge in [0.1, 0.15) is 5.69 Å². The van der Waals surface area contributed by atoms with Gasteiger partial charge in [-0.1, -0.05) is 18.2 Å². The zero-order chi connectivity index (χ0) is 21.3. The molecule has 1 N–H and O–H groups in total. The Morgan fingerprint density at radius 2 is 1.77 bits per heavy atom. The lowest BCUT2D eigenvalue weighted by atomic mass is 9.97. The van der Waals surface area contributed by atoms with Crippen molar-refractivity contribution in [3.05, 3.63) is 98.6 Å². The summed E-state index contributed by atoms with van der Waals surface area (Å²) in [6, 6.07) is 16.7. The van der Waals surface area contributed by atoms with Gasteiger partial charge in [0, 0.05) is 22.9 Å². The molecule has 1 aliphatic carbocycles. The average Bonchev–Trinajstić information content (AvgIpc) is 2.89. The van der Waals surface area contributed by atoms with Crippen molar-refractivity contribution >= 4 is 28.8 Å². The number of methoxy groups -OCH3 is 1. The molecule has 4 rings (SSSR count). The largest absolute Gasteiger partial charge is 0.465 e. The van der Waals surface area contributed by atoms with Crippen LogP contribution in [0.15, 0.2) is 60.7 Å². The van der Waals surface area contributed by atoms with E-state index in [1.54, 1.807) is 48.5 Å². The fraction of sp³-hybridized carbons (Fsp3) is 0.130. The second-order valence-electron chi connectivity index (χ2n) is 6.96. The smallest absolute Gasteiger partial charge is 0.337 e. The van der Waals surface area contributed by atoms with Gasteiger partial charge in [0.25, 0.3) is 5.69 Å². The molecule has 0 fully saturated rings. The number of para-hydroxylation sites is 2. The van der Waals surface area contributed by atoms with Crippen molar-refractivity contribution in [2.45, 2.75) is 12.8 Å². The number of rotatable bonds is 4. The normalized spacial score (nSPS) is 12.4. The predicted octanol–water partition coefficient (Wildman–Crippen LogP) is 4.45. The molecule has 7 heteroatoms. The van der Waals surface area contributed by atoms with E-state index in [1.807, 2.05) is 6.07 Å². The minimum absolute atomic E-state index is 0.0220. The number of benzene rings is 3. The van der Waals surface area contributed by atoms with Crippen LogP contribution in [0.5, 0.6) is 0 Å². The summed E-state index contributed by atoms with van der Waals surface area (Å²) >= 11 is 0. The van der Waals surface area contributed by atoms with Gasteiger partial charge in [-0.2, -0.15) is 0 Å². The Kier molecular flexibility index (Phi) is 5.02. The lowest BCUT2D eigenvalue weighted by Gasteiger charge is -2.11. The number of anilines is 2. The number of hydrogen-bond donors (Lipinski definition) is 1. The second-order valence-corrected chi connectivity index (χ2v) is 6.96. The van der Waals surface area contributed by atoms with Crippen LogP contribution in [-0.2, 0) is 17.6 Å². The summed E-state index contributed by atoms with van der Waals surface area (Å²) in [5.74, 6) is -0.639. The molecule has 1 aliphatic rings. The number of hydrogen-bond acceptors (Lipinski definition) is 6. The number of nitrogens with one attached hydrogen (secondary N) is 1. The van der Waals surface area contributed by atoms with E-state index in [0.717, 1.165) is 11.1 Å². The SMILES string of the molecule is COC(=O)c1ccc2c(c1)C(=O)c1ccc(Nc3ccccc3[N+](=O)[O-])cc1CC2. The van der Waals surface area contributed by atoms with Crippen LogP contribution in [-0.4, -0.2) is 23.8 Å². The van der Waals surface area contributed by atoms with Crippen LogP contribution in [0, 0.1) is 10.1 Å². The number of carbonyl (C=O) groups excluding carboxylic acids is 2. The third kappa shape index (κ3) is 3.53. The van der Waals surface area contributed by atoms with Crippen molar-refractivity contribution in [3.8, 4) is 0 Å². The molecule has 0 heterocycles. The second kappa shape index (κ2) is 7.79. The van der Waals surface area contributed by atoms with E-state index in [4.69, 9.17) is 4.74 Å². The first-order chi connectivity index (χ1) is 14.5. The number of carbonyl (C=O) groups is 2. The number of ketones is 1. The van der Waals surface area contributed by atoms with E-state index in [0.29, 0.717) is 40.9 Å². The Bertz CT molecular complexity index is 1190. The highest BCUT2D eigenvalue weighted by molar-refractivity contribution is 6.12. The first-order valence-corrected chi connectivity index (χ1v) is 9.37. The summed E-state index contributed by atoms with van der Waals surface area (Å²) in [5.41, 5.74) is 4.14. The maximum atomic E-state index is 13.1. The highest BCUT2D eigenvalue weighted by Gasteiger charge is 2.23. The van der Waals surface area contributed by atoms with Gasteiger partial charge in [-0.05, 0) is 60.4 Å². The highest BCUT2D eigenvalue weighted by Crippen LogP contribution is 2.31. The Hall–Kier alpha value is -4.00. The summed E-state index contributed by atoms with van der Waals surface area (Å²) in [4.78, 5) is 35.8. The Morgan fingerprint density at radius 3 is 2.53 bits per heavy atom. The first kappa shape index (κ1) is 19.3. The van der Waals surface area contributed by atoms with Crippen LogP contribution in [0.4, 0.5) is 17.1 Å². The van der Waals surface area contributed by atoms with E-state index in [-0.39, 0.29) is 11.5 Å². The molecule has 3 aromatic carbocycles. The van der Waals surface area contributed by atoms with Gasteiger partial charge in [-0.25, -0.2) is 4.79 Å². The summed E-state index contributed by atoms with van der Waals surface area (Å²) < 4.78 is 4.76. The molecule has 0 saturated heterocycles. The lowest BCUT2D eigenvalue weighted by molar-refractivity contribution is -0.383. The lowest BCUT2D eigenvalue weighted by Crippen LogP contribution is -2.08. The van der Waals surface area contributed by atoms with Gasteiger partial charge in [0.05, 0.1) is 17.6 Å². The maximum Gasteiger partial charge on any atom is 0.337 e. The number of nitrogens with zero attached hydrogens (tertiary/aromatic N) is 1. The standard InChI is InChI=1S/C23H18N2O5/c1-30-23(27)16-9-7-14-6-8-15-12-17(10-11-18(15)22(26)19(14)13-16)24-20-4-2-3-5-21(20)25(28)29/h2-5,7,9-13,24H,6,8H2,1H3. The van der Waals surface area contributed by atoms with Gasteiger partial charge in [0.2, 0.25) is 0 Å². The van der Waals surface area contributed by atoms with E-state index in [2.05, 4.69) is 5.32 Å². The highest BCUT2D eigenvalue weighted by atomic mass is 16.6. The summed E-state index contributed by atoms with van der Waals surface area (Å²) in [6.07, 6.45) is 1.28. The zero-order valence-corrected chi connectivity index (χ0v) is 16.2. The molecule has 0 bridgehead atoms. The van der Waals surface area contributed by atoms with Crippen molar-refractivity contribution < 1.29 is 19.2 Å². The summed E-state index contributed by atoms with van der Waals surface area (Å²) in [5, 5.41) is 14.3. The van der Waals surface area contributed by atoms with Gasteiger partial charge < -0.3 is 10.1 Å². The fourth-order valence-corrected chi connectivity index (χ4v) is 3.66. The van der Waals surface area contributed by atoms with Crippen LogP contribution in [0.1, 0.15) is 37.4 Å². The van der Waals surface area contributed by atoms with Crippen LogP contribution in [0.2, 0.25) is 0 Å². The molecule has 0 atom stereocenters. The van der Waals surface area contributed by atoms with Crippen molar-refractivity contribution in [2.75, 3.05) is 12.4 Å². The molecule has 0 radical (unpaired) electrons. The summed E-state index contributed by atoms with van der Waals surface area (Å²) in [7, 11) is 1.30. The number of fused-ring (bicyclic) bond motifs is 2. The monoisotopic (exact) mass is 402 g/mol. The van der Waals surface area contributed by atoms with Gasteiger partial charge in [-0.15, -0.1) is 0 Å². The van der Waals surface area contributed by atoms with Crippen LogP contribution in [0.25, 0.3) is 0 Å². The molecule has 0 saturated carbocycles. The van der Waals surface area contributed by atoms with Crippen LogP contribution in [0.3, 0.4) is 0 Å². The Morgan fingerprint density at radius 1 is 1.00 bits per heavy atom. The van der Waals surface area contributed by atoms with Crippen molar-refractivity contribution in [2.24, 2.45) is 0 Å². The molecule has 3 aromatic rings. The quantitative estimate of drug-likeness (QED) is 0.393. The first-order valence-electron chi connectivity index (χ1n) is 9.37. The van der Waals surface area contributed by atoms with E-state index in [1.165, 1.54) is 13.2 Å². The van der Waals surface area contributed by atoms with Crippen molar-refractivity contribution in [3.63, 3.8) is 0 Å². The van der Waals surface area contributed by atoms with Crippen molar-refractivity contribution in [1.29, 1.82) is 0 Å². The van der Waals surface area contributed by atoms with Crippen LogP contribution < -0.4 is 5.32 Å². The molecule has 150 valence electrons. The molecular weight excluding hydrogens is 384 g/mol. The minimum Gasteiger partial charge on any atom is -0.465 e. The Labute approximate surface area is 172 Å². The predicted molar refractivity (Wildman–Crippen MR) is 111 cm³/mol. The molecule has 0 aromatic heterocycles. The average molecular weight is 402 g/mol. The minimum atomic E-state index is -0.487. The maximum absolute atomic E-state index is 13.1. The van der Waals surface area contributed by atoms with Crippen LogP contribution >= 0.6 is 0 Å². The van der Waals surface area contributed by atoms with E-state index >= 15 is 0 Å². The van der Waals surface area contributed by atoms with E-state index in [9.17, 15) is 19.7 Å². The van der Waals surface area contributed by atoms with Gasteiger partial charge >= 0.3 is 5.97 Å². The van der Waals surface area contributed by atoms with Gasteiger partial charge in [-0.3, -0.25) is 14.9 Å². The Balaban J connectivity index is 1.68. The molecular formula is C23H18N2O5. The fourth-order valence-electron chi connectivity index (χ4n) is 3.66. The molecule has 7 nitrogen and oxygen atoms in total. The number of nitro groups is 1. The van der Waals surface area contributed by atoms with Gasteiger partial charge in [0.15, 0.2) is 5.78 Å². The molecule has 30 heavy (non-hydrogen) atoms. The molecule has 0 aliphatic heterocycles. The molecule has 0 spiro atoms. The third-order valence-corrected chi connectivity index (χ3v) is 5.17. The van der Waals surface area contributed by atoms with Crippen molar-refractivity contribution in [1.82, 2.24) is 0 Å². The zero-order valence-electron chi connectivity index (χ0n) is 16.2. The number of nitro benzene ring substituents is 1. The summed E-state index contributed by atoms with van der Waals surface area (Å²) in [6.45, 7) is 0. The number of ether oxygens (including phenoxy) is 1. The molecule has 0 amide bonds. The van der Waals surface area contributed by atoms with E-state index < -0.39 is 10.9 Å². The number of aryl methyl sites for hydroxylation is 2.